The molecule has 2 fully saturated rings. The van der Waals surface area contributed by atoms with Crippen molar-refractivity contribution >= 4 is 17.5 Å². The molecule has 1 aliphatic heterocycles. The second kappa shape index (κ2) is 9.80. The highest BCUT2D eigenvalue weighted by molar-refractivity contribution is 5.97. The molecule has 154 valence electrons. The molecule has 6 heteroatoms. The molecule has 0 spiro atoms. The van der Waals surface area contributed by atoms with Crippen molar-refractivity contribution in [1.82, 2.24) is 4.90 Å². The van der Waals surface area contributed by atoms with Gasteiger partial charge >= 0.3 is 0 Å². The molecule has 1 unspecified atom stereocenters. The Morgan fingerprint density at radius 3 is 2.46 bits per heavy atom. The summed E-state index contributed by atoms with van der Waals surface area (Å²) in [6.45, 7) is 5.85. The van der Waals surface area contributed by atoms with Gasteiger partial charge in [-0.2, -0.15) is 0 Å². The third-order valence-corrected chi connectivity index (χ3v) is 5.43. The summed E-state index contributed by atoms with van der Waals surface area (Å²) in [4.78, 5) is 27.0. The molecule has 1 saturated heterocycles. The lowest BCUT2D eigenvalue weighted by molar-refractivity contribution is -0.129. The van der Waals surface area contributed by atoms with Crippen molar-refractivity contribution in [1.29, 1.82) is 0 Å². The fourth-order valence-corrected chi connectivity index (χ4v) is 3.96. The summed E-state index contributed by atoms with van der Waals surface area (Å²) in [5, 5.41) is 2.96. The summed E-state index contributed by atoms with van der Waals surface area (Å²) in [5.74, 6) is 1.06. The standard InChI is InChI=1S/C22H32N2O4/c1-3-11-27-19-10-9-17(14-20(19)28-12-4-2)23-22(26)16-13-21(25)24(15-16)18-7-5-6-8-18/h9-10,14,16,18H,3-8,11-13,15H2,1-2H3,(H,23,26). The second-order valence-corrected chi connectivity index (χ2v) is 7.73. The van der Waals surface area contributed by atoms with Crippen molar-refractivity contribution in [3.8, 4) is 11.5 Å². The Hall–Kier alpha value is -2.24. The quantitative estimate of drug-likeness (QED) is 0.694. The normalized spacial score (nSPS) is 19.9. The van der Waals surface area contributed by atoms with Crippen LogP contribution in [0.4, 0.5) is 5.69 Å². The third kappa shape index (κ3) is 4.97. The average molecular weight is 389 g/mol. The molecular formula is C22H32N2O4. The molecule has 1 saturated carbocycles. The van der Waals surface area contributed by atoms with E-state index in [-0.39, 0.29) is 17.7 Å². The lowest BCUT2D eigenvalue weighted by Crippen LogP contribution is -2.35. The predicted octanol–water partition coefficient (Wildman–Crippen LogP) is 3.99. The smallest absolute Gasteiger partial charge is 0.229 e. The zero-order chi connectivity index (χ0) is 19.9. The average Bonchev–Trinajstić information content (AvgIpc) is 3.35. The molecular weight excluding hydrogens is 356 g/mol. The Kier molecular flexibility index (Phi) is 7.18. The number of likely N-dealkylation sites (tertiary alicyclic amines) is 1. The molecule has 28 heavy (non-hydrogen) atoms. The van der Waals surface area contributed by atoms with E-state index >= 15 is 0 Å². The van der Waals surface area contributed by atoms with Gasteiger partial charge in [0.05, 0.1) is 19.1 Å². The van der Waals surface area contributed by atoms with E-state index in [0.29, 0.717) is 49.4 Å². The number of benzene rings is 1. The number of amides is 2. The first-order chi connectivity index (χ1) is 13.6. The van der Waals surface area contributed by atoms with Crippen LogP contribution in [0.5, 0.6) is 11.5 Å². The summed E-state index contributed by atoms with van der Waals surface area (Å²) in [5.41, 5.74) is 0.673. The van der Waals surface area contributed by atoms with Crippen LogP contribution in [-0.4, -0.2) is 42.5 Å². The maximum atomic E-state index is 12.7. The van der Waals surface area contributed by atoms with Crippen molar-refractivity contribution in [2.45, 2.75) is 64.8 Å². The van der Waals surface area contributed by atoms with Crippen molar-refractivity contribution < 1.29 is 19.1 Å². The van der Waals surface area contributed by atoms with Crippen LogP contribution in [-0.2, 0) is 9.59 Å². The fraction of sp³-hybridized carbons (Fsp3) is 0.636. The van der Waals surface area contributed by atoms with Gasteiger partial charge in [0.1, 0.15) is 0 Å². The highest BCUT2D eigenvalue weighted by Crippen LogP contribution is 2.33. The molecule has 0 radical (unpaired) electrons. The minimum absolute atomic E-state index is 0.0995. The molecule has 0 aromatic heterocycles. The Labute approximate surface area is 167 Å². The van der Waals surface area contributed by atoms with Crippen LogP contribution in [0.1, 0.15) is 58.8 Å². The molecule has 2 aliphatic rings. The molecule has 1 heterocycles. The lowest BCUT2D eigenvalue weighted by atomic mass is 10.1. The van der Waals surface area contributed by atoms with Crippen LogP contribution in [0, 0.1) is 5.92 Å². The van der Waals surface area contributed by atoms with Gasteiger partial charge in [0.25, 0.3) is 0 Å². The van der Waals surface area contributed by atoms with Gasteiger partial charge in [-0.3, -0.25) is 9.59 Å². The Balaban J connectivity index is 1.63. The maximum absolute atomic E-state index is 12.7. The van der Waals surface area contributed by atoms with Crippen LogP contribution in [0.25, 0.3) is 0 Å². The molecule has 1 aliphatic carbocycles. The van der Waals surface area contributed by atoms with Crippen LogP contribution in [0.15, 0.2) is 18.2 Å². The number of ether oxygens (including phenoxy) is 2. The van der Waals surface area contributed by atoms with Crippen LogP contribution >= 0.6 is 0 Å². The van der Waals surface area contributed by atoms with Crippen LogP contribution in [0.2, 0.25) is 0 Å². The van der Waals surface area contributed by atoms with Crippen molar-refractivity contribution in [3.05, 3.63) is 18.2 Å². The molecule has 6 nitrogen and oxygen atoms in total. The van der Waals surface area contributed by atoms with Gasteiger partial charge in [0, 0.05) is 30.8 Å². The van der Waals surface area contributed by atoms with Crippen LogP contribution in [0.3, 0.4) is 0 Å². The fourth-order valence-electron chi connectivity index (χ4n) is 3.96. The van der Waals surface area contributed by atoms with Gasteiger partial charge in [-0.15, -0.1) is 0 Å². The van der Waals surface area contributed by atoms with Crippen molar-refractivity contribution in [2.75, 3.05) is 25.1 Å². The van der Waals surface area contributed by atoms with E-state index in [2.05, 4.69) is 12.2 Å². The predicted molar refractivity (Wildman–Crippen MR) is 109 cm³/mol. The Morgan fingerprint density at radius 1 is 1.11 bits per heavy atom. The summed E-state index contributed by atoms with van der Waals surface area (Å²) in [7, 11) is 0. The van der Waals surface area contributed by atoms with E-state index in [1.807, 2.05) is 30.0 Å². The van der Waals surface area contributed by atoms with Crippen LogP contribution < -0.4 is 14.8 Å². The zero-order valence-corrected chi connectivity index (χ0v) is 17.0. The second-order valence-electron chi connectivity index (χ2n) is 7.73. The Bertz CT molecular complexity index is 685. The van der Waals surface area contributed by atoms with Gasteiger partial charge in [0.15, 0.2) is 11.5 Å². The maximum Gasteiger partial charge on any atom is 0.229 e. The number of rotatable bonds is 9. The molecule has 0 bridgehead atoms. The van der Waals surface area contributed by atoms with E-state index in [4.69, 9.17) is 9.47 Å². The summed E-state index contributed by atoms with van der Waals surface area (Å²) in [6, 6.07) is 5.80. The van der Waals surface area contributed by atoms with Gasteiger partial charge in [-0.1, -0.05) is 26.7 Å². The number of carbonyl (C=O) groups excluding carboxylic acids is 2. The van der Waals surface area contributed by atoms with E-state index in [9.17, 15) is 9.59 Å². The number of carbonyl (C=O) groups is 2. The summed E-state index contributed by atoms with van der Waals surface area (Å²) < 4.78 is 11.5. The van der Waals surface area contributed by atoms with E-state index in [1.165, 1.54) is 12.8 Å². The number of nitrogens with one attached hydrogen (secondary N) is 1. The number of hydrogen-bond acceptors (Lipinski definition) is 4. The largest absolute Gasteiger partial charge is 0.490 e. The van der Waals surface area contributed by atoms with Crippen molar-refractivity contribution in [3.63, 3.8) is 0 Å². The number of nitrogens with zero attached hydrogens (tertiary/aromatic N) is 1. The van der Waals surface area contributed by atoms with E-state index in [0.717, 1.165) is 25.7 Å². The minimum Gasteiger partial charge on any atom is -0.490 e. The number of anilines is 1. The van der Waals surface area contributed by atoms with Crippen molar-refractivity contribution in [2.24, 2.45) is 5.92 Å². The zero-order valence-electron chi connectivity index (χ0n) is 17.0. The lowest BCUT2D eigenvalue weighted by Gasteiger charge is -2.23. The first-order valence-electron chi connectivity index (χ1n) is 10.6. The molecule has 3 rings (SSSR count). The van der Waals surface area contributed by atoms with Gasteiger partial charge in [-0.05, 0) is 37.8 Å². The monoisotopic (exact) mass is 388 g/mol. The van der Waals surface area contributed by atoms with E-state index < -0.39 is 0 Å². The molecule has 1 aromatic rings. The summed E-state index contributed by atoms with van der Waals surface area (Å²) >= 11 is 0. The number of hydrogen-bond donors (Lipinski definition) is 1. The highest BCUT2D eigenvalue weighted by Gasteiger charge is 2.38. The van der Waals surface area contributed by atoms with Gasteiger partial charge in [-0.25, -0.2) is 0 Å². The molecule has 2 amide bonds. The van der Waals surface area contributed by atoms with E-state index in [1.54, 1.807) is 0 Å². The minimum atomic E-state index is -0.288. The Morgan fingerprint density at radius 2 is 1.79 bits per heavy atom. The SMILES string of the molecule is CCCOc1ccc(NC(=O)C2CC(=O)N(C3CCCC3)C2)cc1OCCC. The first kappa shape index (κ1) is 20.5. The topological polar surface area (TPSA) is 67.9 Å². The van der Waals surface area contributed by atoms with Gasteiger partial charge in [0.2, 0.25) is 11.8 Å². The molecule has 1 atom stereocenters. The summed E-state index contributed by atoms with van der Waals surface area (Å²) in [6.07, 6.45) is 6.61. The van der Waals surface area contributed by atoms with Gasteiger partial charge < -0.3 is 19.7 Å². The third-order valence-electron chi connectivity index (χ3n) is 5.43. The molecule has 1 N–H and O–H groups in total. The highest BCUT2D eigenvalue weighted by atomic mass is 16.5. The first-order valence-corrected chi connectivity index (χ1v) is 10.6. The molecule has 1 aromatic carbocycles.